The third-order valence-electron chi connectivity index (χ3n) is 5.53. The van der Waals surface area contributed by atoms with Crippen molar-refractivity contribution in [1.29, 1.82) is 0 Å². The zero-order valence-electron chi connectivity index (χ0n) is 18.5. The maximum Gasteiger partial charge on any atom is 0.247 e. The predicted molar refractivity (Wildman–Crippen MR) is 128 cm³/mol. The van der Waals surface area contributed by atoms with Crippen molar-refractivity contribution in [3.8, 4) is 11.3 Å². The summed E-state index contributed by atoms with van der Waals surface area (Å²) in [7, 11) is 0. The highest BCUT2D eigenvalue weighted by Crippen LogP contribution is 2.30. The number of rotatable bonds is 6. The second-order valence-electron chi connectivity index (χ2n) is 7.76. The van der Waals surface area contributed by atoms with Crippen molar-refractivity contribution in [2.75, 3.05) is 41.8 Å². The minimum atomic E-state index is -1.02. The molecule has 2 aromatic carbocycles. The minimum absolute atomic E-state index is 0.0767. The van der Waals surface area contributed by atoms with Gasteiger partial charge in [0.1, 0.15) is 18.3 Å². The van der Waals surface area contributed by atoms with Crippen LogP contribution in [0.1, 0.15) is 0 Å². The zero-order valence-corrected chi connectivity index (χ0v) is 18.5. The van der Waals surface area contributed by atoms with Crippen LogP contribution < -0.4 is 15.5 Å². The van der Waals surface area contributed by atoms with Gasteiger partial charge in [-0.25, -0.2) is 18.7 Å². The van der Waals surface area contributed by atoms with Crippen LogP contribution in [-0.4, -0.2) is 51.6 Å². The lowest BCUT2D eigenvalue weighted by molar-refractivity contribution is -0.111. The third kappa shape index (κ3) is 4.53. The summed E-state index contributed by atoms with van der Waals surface area (Å²) in [4.78, 5) is 26.4. The molecule has 9 nitrogen and oxygen atoms in total. The van der Waals surface area contributed by atoms with Crippen LogP contribution in [0.25, 0.3) is 16.9 Å². The summed E-state index contributed by atoms with van der Waals surface area (Å²) >= 11 is 0. The van der Waals surface area contributed by atoms with Gasteiger partial charge in [0.25, 0.3) is 0 Å². The van der Waals surface area contributed by atoms with Crippen LogP contribution >= 0.6 is 0 Å². The van der Waals surface area contributed by atoms with Gasteiger partial charge in [0.2, 0.25) is 11.9 Å². The molecule has 0 atom stereocenters. The maximum absolute atomic E-state index is 14.9. The predicted octanol–water partition coefficient (Wildman–Crippen LogP) is 3.77. The molecule has 2 aromatic heterocycles. The van der Waals surface area contributed by atoms with Crippen LogP contribution in [0.5, 0.6) is 0 Å². The number of amides is 1. The molecule has 5 rings (SSSR count). The van der Waals surface area contributed by atoms with Gasteiger partial charge in [-0.2, -0.15) is 4.98 Å². The lowest BCUT2D eigenvalue weighted by Gasteiger charge is -2.29. The number of nitrogens with zero attached hydrogens (tertiary/aromatic N) is 5. The second kappa shape index (κ2) is 9.47. The van der Waals surface area contributed by atoms with E-state index in [0.717, 1.165) is 0 Å². The van der Waals surface area contributed by atoms with Crippen molar-refractivity contribution in [1.82, 2.24) is 19.4 Å². The van der Waals surface area contributed by atoms with Gasteiger partial charge in [-0.3, -0.25) is 9.20 Å². The summed E-state index contributed by atoms with van der Waals surface area (Å²) in [5.74, 6) is -2.22. The summed E-state index contributed by atoms with van der Waals surface area (Å²) in [6.07, 6.45) is 4.20. The number of halogens is 2. The van der Waals surface area contributed by atoms with Crippen molar-refractivity contribution in [3.63, 3.8) is 0 Å². The summed E-state index contributed by atoms with van der Waals surface area (Å²) < 4.78 is 36.6. The Hall–Kier alpha value is -4.38. The average Bonchev–Trinajstić information content (AvgIpc) is 3.31. The molecule has 0 spiro atoms. The van der Waals surface area contributed by atoms with Crippen molar-refractivity contribution in [2.24, 2.45) is 0 Å². The van der Waals surface area contributed by atoms with E-state index >= 15 is 0 Å². The highest BCUT2D eigenvalue weighted by atomic mass is 19.2. The molecular weight excluding hydrogens is 456 g/mol. The molecule has 1 amide bonds. The zero-order chi connectivity index (χ0) is 24.4. The number of aromatic nitrogens is 4. The van der Waals surface area contributed by atoms with Crippen LogP contribution in [0.4, 0.5) is 31.8 Å². The first-order valence-corrected chi connectivity index (χ1v) is 10.8. The van der Waals surface area contributed by atoms with Gasteiger partial charge in [-0.15, -0.1) is 0 Å². The van der Waals surface area contributed by atoms with E-state index in [1.807, 2.05) is 6.07 Å². The van der Waals surface area contributed by atoms with E-state index in [-0.39, 0.29) is 23.2 Å². The number of morpholine rings is 1. The minimum Gasteiger partial charge on any atom is -0.378 e. The number of imidazole rings is 1. The standard InChI is InChI=1S/C24H21F2N7O2/c1-2-19(34)29-16-5-3-4-15(12-16)22-23-31-24(28-14-33(23)13-27-22)30-17-6-7-18(21(26)20(17)25)32-8-10-35-11-9-32/h2-7,12-14H,1,8-11H2,(H,29,34)(H,30,31). The Morgan fingerprint density at radius 3 is 2.69 bits per heavy atom. The number of benzene rings is 2. The summed E-state index contributed by atoms with van der Waals surface area (Å²) in [5.41, 5.74) is 2.35. The van der Waals surface area contributed by atoms with E-state index in [1.165, 1.54) is 24.5 Å². The molecule has 0 bridgehead atoms. The fraction of sp³-hybridized carbons (Fsp3) is 0.167. The number of nitrogens with one attached hydrogen (secondary N) is 2. The van der Waals surface area contributed by atoms with Gasteiger partial charge in [-0.1, -0.05) is 18.7 Å². The highest BCUT2D eigenvalue weighted by molar-refractivity contribution is 5.99. The lowest BCUT2D eigenvalue weighted by Crippen LogP contribution is -2.36. The van der Waals surface area contributed by atoms with E-state index in [0.29, 0.717) is 48.9 Å². The molecule has 0 aliphatic carbocycles. The molecule has 1 saturated heterocycles. The Labute approximate surface area is 199 Å². The third-order valence-corrected chi connectivity index (χ3v) is 5.53. The normalized spacial score (nSPS) is 13.6. The van der Waals surface area contributed by atoms with Gasteiger partial charge >= 0.3 is 0 Å². The second-order valence-corrected chi connectivity index (χ2v) is 7.76. The first kappa shape index (κ1) is 22.4. The van der Waals surface area contributed by atoms with Crippen LogP contribution in [0.15, 0.2) is 61.7 Å². The monoisotopic (exact) mass is 477 g/mol. The summed E-state index contributed by atoms with van der Waals surface area (Å²) in [6, 6.07) is 10.1. The van der Waals surface area contributed by atoms with Gasteiger partial charge in [0, 0.05) is 24.3 Å². The number of hydrogen-bond acceptors (Lipinski definition) is 7. The van der Waals surface area contributed by atoms with Crippen LogP contribution in [0.2, 0.25) is 0 Å². The van der Waals surface area contributed by atoms with Gasteiger partial charge in [0.15, 0.2) is 17.3 Å². The molecule has 0 radical (unpaired) electrons. The SMILES string of the molecule is C=CC(=O)Nc1cccc(-c2ncn3cnc(Nc4ccc(N5CCOCC5)c(F)c4F)nc23)c1. The van der Waals surface area contributed by atoms with E-state index in [4.69, 9.17) is 4.74 Å². The number of hydrogen-bond donors (Lipinski definition) is 2. The van der Waals surface area contributed by atoms with Crippen LogP contribution in [0, 0.1) is 11.6 Å². The van der Waals surface area contributed by atoms with E-state index in [2.05, 4.69) is 32.2 Å². The Morgan fingerprint density at radius 1 is 1.09 bits per heavy atom. The number of fused-ring (bicyclic) bond motifs is 1. The van der Waals surface area contributed by atoms with E-state index in [1.54, 1.807) is 33.8 Å². The number of carbonyl (C=O) groups excluding carboxylic acids is 1. The van der Waals surface area contributed by atoms with Crippen molar-refractivity contribution >= 4 is 34.6 Å². The first-order valence-electron chi connectivity index (χ1n) is 10.8. The first-order chi connectivity index (χ1) is 17.0. The van der Waals surface area contributed by atoms with Crippen molar-refractivity contribution in [3.05, 3.63) is 73.3 Å². The molecule has 1 aliphatic heterocycles. The fourth-order valence-electron chi connectivity index (χ4n) is 3.80. The summed E-state index contributed by atoms with van der Waals surface area (Å²) in [5, 5.41) is 5.46. The van der Waals surface area contributed by atoms with Gasteiger partial charge in [0.05, 0.1) is 24.6 Å². The van der Waals surface area contributed by atoms with E-state index in [9.17, 15) is 13.6 Å². The molecule has 2 N–H and O–H groups in total. The average molecular weight is 477 g/mol. The van der Waals surface area contributed by atoms with Crippen molar-refractivity contribution < 1.29 is 18.3 Å². The molecule has 4 aromatic rings. The molecule has 0 saturated carbocycles. The number of anilines is 4. The quantitative estimate of drug-likeness (QED) is 0.408. The van der Waals surface area contributed by atoms with Crippen LogP contribution in [-0.2, 0) is 9.53 Å². The molecule has 0 unspecified atom stereocenters. The molecule has 11 heteroatoms. The van der Waals surface area contributed by atoms with Gasteiger partial charge in [-0.05, 0) is 30.3 Å². The maximum atomic E-state index is 14.9. The molecule has 1 aliphatic rings. The number of ether oxygens (including phenoxy) is 1. The Kier molecular flexibility index (Phi) is 6.06. The Balaban J connectivity index is 1.44. The van der Waals surface area contributed by atoms with Gasteiger partial charge < -0.3 is 20.3 Å². The van der Waals surface area contributed by atoms with Crippen molar-refractivity contribution in [2.45, 2.75) is 0 Å². The molecule has 178 valence electrons. The highest BCUT2D eigenvalue weighted by Gasteiger charge is 2.21. The smallest absolute Gasteiger partial charge is 0.247 e. The molecule has 35 heavy (non-hydrogen) atoms. The van der Waals surface area contributed by atoms with E-state index < -0.39 is 11.6 Å². The largest absolute Gasteiger partial charge is 0.378 e. The van der Waals surface area contributed by atoms with Crippen LogP contribution in [0.3, 0.4) is 0 Å². The summed E-state index contributed by atoms with van der Waals surface area (Å²) in [6.45, 7) is 5.36. The fourth-order valence-corrected chi connectivity index (χ4v) is 3.80. The topological polar surface area (TPSA) is 96.7 Å². The molecular formula is C24H21F2N7O2. The molecule has 1 fully saturated rings. The lowest BCUT2D eigenvalue weighted by atomic mass is 10.1. The molecule has 3 heterocycles. The number of carbonyl (C=O) groups is 1. The Bertz CT molecular complexity index is 1420. The Morgan fingerprint density at radius 2 is 1.89 bits per heavy atom.